The maximum Gasteiger partial charge on any atom is 0.453 e. The fourth-order valence-corrected chi connectivity index (χ4v) is 1.89. The second-order valence-corrected chi connectivity index (χ2v) is 4.72. The van der Waals surface area contributed by atoms with Crippen molar-refractivity contribution in [2.24, 2.45) is 0 Å². The van der Waals surface area contributed by atoms with Crippen LogP contribution in [0, 0.1) is 0 Å². The number of furan rings is 1. The van der Waals surface area contributed by atoms with Gasteiger partial charge in [-0.05, 0) is 24.3 Å². The topological polar surface area (TPSA) is 97.4 Å². The van der Waals surface area contributed by atoms with E-state index in [1.54, 1.807) is 12.1 Å². The van der Waals surface area contributed by atoms with Crippen molar-refractivity contribution in [1.82, 2.24) is 25.1 Å². The number of anilines is 1. The number of rotatable bonds is 5. The number of nitrogens with zero attached hydrogens (tertiary/aromatic N) is 4. The number of carbonyl (C=O) groups is 1. The van der Waals surface area contributed by atoms with Gasteiger partial charge in [-0.1, -0.05) is 0 Å². The van der Waals surface area contributed by atoms with Crippen molar-refractivity contribution in [2.45, 2.75) is 12.7 Å². The Kier molecular flexibility index (Phi) is 4.06. The number of alkyl halides is 3. The number of nitrogens with one attached hydrogen (secondary N) is 2. The minimum atomic E-state index is -4.68. The molecule has 24 heavy (non-hydrogen) atoms. The first-order valence-corrected chi connectivity index (χ1v) is 6.76. The Balaban J connectivity index is 1.63. The first-order valence-electron chi connectivity index (χ1n) is 6.76. The van der Waals surface area contributed by atoms with Crippen LogP contribution in [0.15, 0.2) is 34.9 Å². The lowest BCUT2D eigenvalue weighted by molar-refractivity contribution is -0.146. The molecule has 126 valence electrons. The number of carbonyl (C=O) groups excluding carboxylic acids is 1. The van der Waals surface area contributed by atoms with E-state index in [1.165, 1.54) is 18.4 Å². The van der Waals surface area contributed by atoms with Crippen LogP contribution in [0.5, 0.6) is 0 Å². The van der Waals surface area contributed by atoms with Crippen LogP contribution in [-0.2, 0) is 17.5 Å². The molecule has 0 radical (unpaired) electrons. The van der Waals surface area contributed by atoms with Gasteiger partial charge < -0.3 is 15.1 Å². The summed E-state index contributed by atoms with van der Waals surface area (Å²) in [5, 5.41) is 15.4. The van der Waals surface area contributed by atoms with E-state index < -0.39 is 12.0 Å². The highest BCUT2D eigenvalue weighted by Gasteiger charge is 2.37. The van der Waals surface area contributed by atoms with Gasteiger partial charge in [-0.25, -0.2) is 0 Å². The maximum absolute atomic E-state index is 12.8. The first kappa shape index (κ1) is 15.8. The maximum atomic E-state index is 12.8. The molecule has 0 atom stereocenters. The van der Waals surface area contributed by atoms with E-state index in [2.05, 4.69) is 25.9 Å². The van der Waals surface area contributed by atoms with Crippen LogP contribution in [0.1, 0.15) is 11.6 Å². The summed E-state index contributed by atoms with van der Waals surface area (Å²) in [7, 11) is 0. The molecule has 3 heterocycles. The Morgan fingerprint density at radius 2 is 2.08 bits per heavy atom. The fourth-order valence-electron chi connectivity index (χ4n) is 1.89. The Morgan fingerprint density at radius 3 is 2.79 bits per heavy atom. The zero-order chi connectivity index (χ0) is 17.2. The molecule has 0 unspecified atom stereocenters. The lowest BCUT2D eigenvalue weighted by Gasteiger charge is -2.07. The highest BCUT2D eigenvalue weighted by Crippen LogP contribution is 2.27. The van der Waals surface area contributed by atoms with Crippen LogP contribution >= 0.6 is 0 Å². The summed E-state index contributed by atoms with van der Waals surface area (Å²) in [4.78, 5) is 11.7. The second kappa shape index (κ2) is 6.18. The Bertz CT molecular complexity index is 843. The molecule has 0 aliphatic heterocycles. The molecule has 0 saturated heterocycles. The third kappa shape index (κ3) is 3.45. The number of amides is 1. The van der Waals surface area contributed by atoms with Crippen LogP contribution in [0.4, 0.5) is 19.0 Å². The molecule has 0 aliphatic carbocycles. The quantitative estimate of drug-likeness (QED) is 0.730. The number of hydrogen-bond acceptors (Lipinski definition) is 6. The van der Waals surface area contributed by atoms with Crippen molar-refractivity contribution in [3.63, 3.8) is 0 Å². The molecular weight excluding hydrogens is 329 g/mol. The summed E-state index contributed by atoms with van der Waals surface area (Å²) in [5.74, 6) is -0.931. The van der Waals surface area contributed by atoms with Gasteiger partial charge in [0, 0.05) is 0 Å². The van der Waals surface area contributed by atoms with Gasteiger partial charge >= 0.3 is 6.18 Å². The summed E-state index contributed by atoms with van der Waals surface area (Å²) in [5.41, 5.74) is -0.0462. The monoisotopic (exact) mass is 340 g/mol. The molecule has 0 aliphatic rings. The van der Waals surface area contributed by atoms with Crippen molar-refractivity contribution >= 4 is 17.4 Å². The normalized spacial score (nSPS) is 11.6. The molecule has 0 spiro atoms. The predicted molar refractivity (Wildman–Crippen MR) is 74.8 cm³/mol. The van der Waals surface area contributed by atoms with Crippen LogP contribution in [0.3, 0.4) is 0 Å². The number of halogens is 3. The Hall–Kier alpha value is -3.11. The molecule has 0 bridgehead atoms. The molecule has 3 aromatic rings. The van der Waals surface area contributed by atoms with E-state index in [1.807, 2.05) is 0 Å². The third-order valence-corrected chi connectivity index (χ3v) is 2.99. The minimum Gasteiger partial charge on any atom is -0.467 e. The summed E-state index contributed by atoms with van der Waals surface area (Å²) in [6.07, 6.45) is -3.19. The number of aromatic nitrogens is 4. The molecule has 1 amide bonds. The van der Waals surface area contributed by atoms with E-state index in [-0.39, 0.29) is 30.5 Å². The first-order chi connectivity index (χ1) is 11.4. The second-order valence-electron chi connectivity index (χ2n) is 4.72. The van der Waals surface area contributed by atoms with Crippen molar-refractivity contribution in [3.8, 4) is 0 Å². The van der Waals surface area contributed by atoms with Gasteiger partial charge in [-0.3, -0.25) is 4.79 Å². The summed E-state index contributed by atoms with van der Waals surface area (Å²) in [6, 6.07) is 6.12. The largest absolute Gasteiger partial charge is 0.467 e. The standard InChI is InChI=1S/C13H11F3N6O2/c14-13(15,16)12-20-19-10-4-3-9(21-22(10)12)17-7-11(23)18-6-8-2-1-5-24-8/h1-5H,6-7H2,(H,17,21)(H,18,23). The summed E-state index contributed by atoms with van der Waals surface area (Å²) in [6.45, 7) is 0.0479. The van der Waals surface area contributed by atoms with Gasteiger partial charge in [0.05, 0.1) is 19.4 Å². The molecule has 2 N–H and O–H groups in total. The van der Waals surface area contributed by atoms with E-state index in [9.17, 15) is 18.0 Å². The number of fused-ring (bicyclic) bond motifs is 1. The van der Waals surface area contributed by atoms with Crippen LogP contribution in [0.25, 0.3) is 5.65 Å². The lowest BCUT2D eigenvalue weighted by atomic mass is 10.4. The van der Waals surface area contributed by atoms with Gasteiger partial charge in [-0.2, -0.15) is 17.7 Å². The zero-order valence-electron chi connectivity index (χ0n) is 12.0. The predicted octanol–water partition coefficient (Wildman–Crippen LogP) is 1.46. The van der Waals surface area contributed by atoms with Crippen molar-refractivity contribution < 1.29 is 22.4 Å². The summed E-state index contributed by atoms with van der Waals surface area (Å²) < 4.78 is 44.0. The van der Waals surface area contributed by atoms with Crippen molar-refractivity contribution in [2.75, 3.05) is 11.9 Å². The average Bonchev–Trinajstić information content (AvgIpc) is 3.18. The molecule has 3 rings (SSSR count). The van der Waals surface area contributed by atoms with Crippen LogP contribution in [0.2, 0.25) is 0 Å². The van der Waals surface area contributed by atoms with Crippen molar-refractivity contribution in [1.29, 1.82) is 0 Å². The van der Waals surface area contributed by atoms with Gasteiger partial charge in [0.1, 0.15) is 11.6 Å². The SMILES string of the molecule is O=C(CNc1ccc2nnc(C(F)(F)F)n2n1)NCc1ccco1. The van der Waals surface area contributed by atoms with Crippen LogP contribution < -0.4 is 10.6 Å². The van der Waals surface area contributed by atoms with E-state index in [0.29, 0.717) is 10.3 Å². The molecule has 0 aromatic carbocycles. The Labute approximate surface area is 132 Å². The number of hydrogen-bond donors (Lipinski definition) is 2. The van der Waals surface area contributed by atoms with Gasteiger partial charge in [0.2, 0.25) is 5.91 Å². The van der Waals surface area contributed by atoms with E-state index in [0.717, 1.165) is 0 Å². The smallest absolute Gasteiger partial charge is 0.453 e. The fraction of sp³-hybridized carbons (Fsp3) is 0.231. The van der Waals surface area contributed by atoms with Gasteiger partial charge in [-0.15, -0.1) is 15.3 Å². The molecular formula is C13H11F3N6O2. The van der Waals surface area contributed by atoms with E-state index in [4.69, 9.17) is 4.42 Å². The molecule has 0 fully saturated rings. The average molecular weight is 340 g/mol. The highest BCUT2D eigenvalue weighted by atomic mass is 19.4. The third-order valence-electron chi connectivity index (χ3n) is 2.99. The molecule has 11 heteroatoms. The van der Waals surface area contributed by atoms with Gasteiger partial charge in [0.25, 0.3) is 5.82 Å². The molecule has 3 aromatic heterocycles. The van der Waals surface area contributed by atoms with Crippen LogP contribution in [-0.4, -0.2) is 32.3 Å². The highest BCUT2D eigenvalue weighted by molar-refractivity contribution is 5.80. The van der Waals surface area contributed by atoms with Crippen molar-refractivity contribution in [3.05, 3.63) is 42.1 Å². The minimum absolute atomic E-state index is 0.0462. The van der Waals surface area contributed by atoms with Gasteiger partial charge in [0.15, 0.2) is 5.65 Å². The lowest BCUT2D eigenvalue weighted by Crippen LogP contribution is -2.29. The van der Waals surface area contributed by atoms with E-state index >= 15 is 0 Å². The Morgan fingerprint density at radius 1 is 1.25 bits per heavy atom. The zero-order valence-corrected chi connectivity index (χ0v) is 12.0. The molecule has 8 nitrogen and oxygen atoms in total. The summed E-state index contributed by atoms with van der Waals surface area (Å²) >= 11 is 0. The molecule has 0 saturated carbocycles.